The highest BCUT2D eigenvalue weighted by Gasteiger charge is 2.09. The van der Waals surface area contributed by atoms with E-state index in [9.17, 15) is 4.79 Å². The first-order valence-electron chi connectivity index (χ1n) is 6.32. The quantitative estimate of drug-likeness (QED) is 0.790. The number of aliphatic hydroxyl groups excluding tert-OH is 1. The SMILES string of the molecule is O=C(Nc1cc(Cl)ccc1Cl)Nc1ccccc1CCO. The molecule has 0 saturated heterocycles. The molecule has 2 aromatic carbocycles. The van der Waals surface area contributed by atoms with E-state index in [4.69, 9.17) is 28.3 Å². The Balaban J connectivity index is 2.10. The van der Waals surface area contributed by atoms with Gasteiger partial charge in [0.2, 0.25) is 0 Å². The van der Waals surface area contributed by atoms with Crippen LogP contribution in [0.1, 0.15) is 5.56 Å². The van der Waals surface area contributed by atoms with Crippen molar-refractivity contribution in [2.45, 2.75) is 6.42 Å². The van der Waals surface area contributed by atoms with Crippen molar-refractivity contribution in [1.29, 1.82) is 0 Å². The summed E-state index contributed by atoms with van der Waals surface area (Å²) >= 11 is 11.9. The van der Waals surface area contributed by atoms with Gasteiger partial charge in [0.25, 0.3) is 0 Å². The van der Waals surface area contributed by atoms with Crippen LogP contribution >= 0.6 is 23.2 Å². The monoisotopic (exact) mass is 324 g/mol. The Morgan fingerprint density at radius 3 is 2.52 bits per heavy atom. The summed E-state index contributed by atoms with van der Waals surface area (Å²) in [5, 5.41) is 15.3. The molecule has 0 aliphatic heterocycles. The Labute approximate surface area is 132 Å². The fourth-order valence-corrected chi connectivity index (χ4v) is 2.19. The van der Waals surface area contributed by atoms with Gasteiger partial charge in [-0.15, -0.1) is 0 Å². The van der Waals surface area contributed by atoms with E-state index in [0.717, 1.165) is 5.56 Å². The lowest BCUT2D eigenvalue weighted by Gasteiger charge is -2.12. The molecule has 0 heterocycles. The molecular formula is C15H14Cl2N2O2. The van der Waals surface area contributed by atoms with E-state index >= 15 is 0 Å². The molecule has 0 aliphatic carbocycles. The Bertz CT molecular complexity index is 647. The van der Waals surface area contributed by atoms with Crippen LogP contribution in [0.15, 0.2) is 42.5 Å². The number of anilines is 2. The van der Waals surface area contributed by atoms with Crippen molar-refractivity contribution in [3.8, 4) is 0 Å². The van der Waals surface area contributed by atoms with Crippen molar-refractivity contribution in [1.82, 2.24) is 0 Å². The first kappa shape index (κ1) is 15.6. The van der Waals surface area contributed by atoms with Crippen molar-refractivity contribution in [3.05, 3.63) is 58.1 Å². The topological polar surface area (TPSA) is 61.4 Å². The molecule has 0 saturated carbocycles. The van der Waals surface area contributed by atoms with Crippen LogP contribution in [0.25, 0.3) is 0 Å². The Morgan fingerprint density at radius 2 is 1.76 bits per heavy atom. The molecule has 2 rings (SSSR count). The van der Waals surface area contributed by atoms with Gasteiger partial charge < -0.3 is 15.7 Å². The van der Waals surface area contributed by atoms with Crippen molar-refractivity contribution in [3.63, 3.8) is 0 Å². The maximum Gasteiger partial charge on any atom is 0.323 e. The largest absolute Gasteiger partial charge is 0.396 e. The Hall–Kier alpha value is -1.75. The van der Waals surface area contributed by atoms with Gasteiger partial charge in [0.05, 0.1) is 10.7 Å². The summed E-state index contributed by atoms with van der Waals surface area (Å²) in [6, 6.07) is 11.7. The van der Waals surface area contributed by atoms with Gasteiger partial charge in [0, 0.05) is 17.3 Å². The zero-order valence-corrected chi connectivity index (χ0v) is 12.6. The molecule has 0 atom stereocenters. The first-order valence-corrected chi connectivity index (χ1v) is 7.07. The Morgan fingerprint density at radius 1 is 1.05 bits per heavy atom. The minimum atomic E-state index is -0.426. The van der Waals surface area contributed by atoms with Crippen LogP contribution in [0, 0.1) is 0 Å². The molecule has 0 aliphatic rings. The van der Waals surface area contributed by atoms with E-state index in [2.05, 4.69) is 10.6 Å². The number of urea groups is 1. The Kier molecular flexibility index (Phi) is 5.44. The fraction of sp³-hybridized carbons (Fsp3) is 0.133. The summed E-state index contributed by atoms with van der Waals surface area (Å²) < 4.78 is 0. The molecular weight excluding hydrogens is 311 g/mol. The zero-order valence-electron chi connectivity index (χ0n) is 11.1. The molecule has 6 heteroatoms. The van der Waals surface area contributed by atoms with Gasteiger partial charge in [-0.05, 0) is 36.2 Å². The van der Waals surface area contributed by atoms with Crippen LogP contribution in [0.5, 0.6) is 0 Å². The second-order valence-corrected chi connectivity index (χ2v) is 5.18. The van der Waals surface area contributed by atoms with Gasteiger partial charge in [0.15, 0.2) is 0 Å². The van der Waals surface area contributed by atoms with Crippen LogP contribution in [0.4, 0.5) is 16.2 Å². The summed E-state index contributed by atoms with van der Waals surface area (Å²) in [5.74, 6) is 0. The molecule has 0 fully saturated rings. The lowest BCUT2D eigenvalue weighted by atomic mass is 10.1. The third-order valence-corrected chi connectivity index (χ3v) is 3.39. The molecule has 110 valence electrons. The van der Waals surface area contributed by atoms with Gasteiger partial charge in [0.1, 0.15) is 0 Å². The maximum atomic E-state index is 12.0. The van der Waals surface area contributed by atoms with Gasteiger partial charge >= 0.3 is 6.03 Å². The molecule has 0 spiro atoms. The van der Waals surface area contributed by atoms with E-state index in [1.54, 1.807) is 24.3 Å². The van der Waals surface area contributed by atoms with Gasteiger partial charge in [-0.3, -0.25) is 0 Å². The maximum absolute atomic E-state index is 12.0. The summed E-state index contributed by atoms with van der Waals surface area (Å²) in [5.41, 5.74) is 1.93. The number of benzene rings is 2. The van der Waals surface area contributed by atoms with E-state index in [0.29, 0.717) is 27.8 Å². The molecule has 21 heavy (non-hydrogen) atoms. The first-order chi connectivity index (χ1) is 10.1. The number of halogens is 2. The summed E-state index contributed by atoms with van der Waals surface area (Å²) in [4.78, 5) is 12.0. The number of para-hydroxylation sites is 1. The highest BCUT2D eigenvalue weighted by molar-refractivity contribution is 6.35. The van der Waals surface area contributed by atoms with Crippen molar-refractivity contribution >= 4 is 40.6 Å². The van der Waals surface area contributed by atoms with Crippen molar-refractivity contribution in [2.24, 2.45) is 0 Å². The number of rotatable bonds is 4. The molecule has 2 aromatic rings. The highest BCUT2D eigenvalue weighted by Crippen LogP contribution is 2.25. The lowest BCUT2D eigenvalue weighted by Crippen LogP contribution is -2.20. The third-order valence-electron chi connectivity index (χ3n) is 2.82. The number of nitrogens with one attached hydrogen (secondary N) is 2. The van der Waals surface area contributed by atoms with Crippen LogP contribution < -0.4 is 10.6 Å². The van der Waals surface area contributed by atoms with Crippen LogP contribution in [-0.4, -0.2) is 17.7 Å². The minimum absolute atomic E-state index is 0.0143. The number of carbonyl (C=O) groups is 1. The average molecular weight is 325 g/mol. The van der Waals surface area contributed by atoms with E-state index in [-0.39, 0.29) is 6.61 Å². The third kappa shape index (κ3) is 4.36. The molecule has 2 amide bonds. The van der Waals surface area contributed by atoms with Crippen molar-refractivity contribution in [2.75, 3.05) is 17.2 Å². The summed E-state index contributed by atoms with van der Waals surface area (Å²) in [7, 11) is 0. The summed E-state index contributed by atoms with van der Waals surface area (Å²) in [6.45, 7) is 0.0143. The normalized spacial score (nSPS) is 10.2. The van der Waals surface area contributed by atoms with Gasteiger partial charge in [-0.1, -0.05) is 41.4 Å². The minimum Gasteiger partial charge on any atom is -0.396 e. The number of hydrogen-bond donors (Lipinski definition) is 3. The van der Waals surface area contributed by atoms with Crippen LogP contribution in [0.2, 0.25) is 10.0 Å². The predicted octanol–water partition coefficient (Wildman–Crippen LogP) is 4.17. The van der Waals surface area contributed by atoms with Gasteiger partial charge in [-0.25, -0.2) is 4.79 Å². The molecule has 0 aromatic heterocycles. The number of amides is 2. The molecule has 0 radical (unpaired) electrons. The van der Waals surface area contributed by atoms with Crippen molar-refractivity contribution < 1.29 is 9.90 Å². The highest BCUT2D eigenvalue weighted by atomic mass is 35.5. The van der Waals surface area contributed by atoms with E-state index < -0.39 is 6.03 Å². The zero-order chi connectivity index (χ0) is 15.2. The van der Waals surface area contributed by atoms with Crippen LogP contribution in [0.3, 0.4) is 0 Å². The molecule has 0 unspecified atom stereocenters. The standard InChI is InChI=1S/C15H14Cl2N2O2/c16-11-5-6-12(17)14(9-11)19-15(21)18-13-4-2-1-3-10(13)7-8-20/h1-6,9,20H,7-8H2,(H2,18,19,21). The second kappa shape index (κ2) is 7.31. The summed E-state index contributed by atoms with van der Waals surface area (Å²) in [6.07, 6.45) is 0.467. The van der Waals surface area contributed by atoms with E-state index in [1.807, 2.05) is 18.2 Å². The number of carbonyl (C=O) groups excluding carboxylic acids is 1. The smallest absolute Gasteiger partial charge is 0.323 e. The van der Waals surface area contributed by atoms with Gasteiger partial charge in [-0.2, -0.15) is 0 Å². The fourth-order valence-electron chi connectivity index (χ4n) is 1.85. The predicted molar refractivity (Wildman–Crippen MR) is 86.3 cm³/mol. The number of hydrogen-bond acceptors (Lipinski definition) is 2. The molecule has 0 bridgehead atoms. The second-order valence-electron chi connectivity index (χ2n) is 4.33. The lowest BCUT2D eigenvalue weighted by molar-refractivity contribution is 0.262. The number of aliphatic hydroxyl groups is 1. The van der Waals surface area contributed by atoms with Crippen LogP contribution in [-0.2, 0) is 6.42 Å². The molecule has 4 nitrogen and oxygen atoms in total. The molecule has 3 N–H and O–H groups in total. The average Bonchev–Trinajstić information content (AvgIpc) is 2.45. The van der Waals surface area contributed by atoms with E-state index in [1.165, 1.54) is 0 Å².